The first-order valence-electron chi connectivity index (χ1n) is 9.04. The Hall–Kier alpha value is -2.01. The molecule has 1 atom stereocenters. The number of anilines is 1. The molecule has 0 bridgehead atoms. The summed E-state index contributed by atoms with van der Waals surface area (Å²) in [5, 5.41) is 8.20. The fourth-order valence-corrected chi connectivity index (χ4v) is 4.10. The van der Waals surface area contributed by atoms with E-state index in [1.807, 2.05) is 46.3 Å². The fraction of sp³-hybridized carbons (Fsp3) is 0.238. The molecule has 1 amide bonds. The maximum Gasteiger partial charge on any atom is 0.270 e. The molecule has 0 fully saturated rings. The SMILES string of the molecule is O=C(C1=NN(c2ccc(Cl)cc2Cl)C(c2ccc(Cl)cc2)C1)N1CC=CCC1. The van der Waals surface area contributed by atoms with Gasteiger partial charge >= 0.3 is 0 Å². The summed E-state index contributed by atoms with van der Waals surface area (Å²) in [7, 11) is 0. The van der Waals surface area contributed by atoms with E-state index in [9.17, 15) is 4.79 Å². The summed E-state index contributed by atoms with van der Waals surface area (Å²) in [6, 6.07) is 12.7. The van der Waals surface area contributed by atoms with E-state index in [1.165, 1.54) is 0 Å². The first-order chi connectivity index (χ1) is 13.5. The van der Waals surface area contributed by atoms with E-state index in [4.69, 9.17) is 34.8 Å². The highest BCUT2D eigenvalue weighted by molar-refractivity contribution is 6.40. The predicted molar refractivity (Wildman–Crippen MR) is 116 cm³/mol. The Morgan fingerprint density at radius 1 is 1.00 bits per heavy atom. The topological polar surface area (TPSA) is 35.9 Å². The van der Waals surface area contributed by atoms with Gasteiger partial charge in [-0.1, -0.05) is 59.1 Å². The third-order valence-electron chi connectivity index (χ3n) is 4.91. The number of carbonyl (C=O) groups is 1. The maximum atomic E-state index is 13.0. The molecule has 2 aliphatic heterocycles. The zero-order valence-electron chi connectivity index (χ0n) is 15.0. The molecule has 0 N–H and O–H groups in total. The number of halogens is 3. The Labute approximate surface area is 179 Å². The molecule has 2 aromatic rings. The summed E-state index contributed by atoms with van der Waals surface area (Å²) in [4.78, 5) is 14.8. The Bertz CT molecular complexity index is 956. The van der Waals surface area contributed by atoms with Crippen LogP contribution < -0.4 is 5.01 Å². The van der Waals surface area contributed by atoms with Crippen molar-refractivity contribution >= 4 is 52.1 Å². The number of benzene rings is 2. The van der Waals surface area contributed by atoms with Crippen molar-refractivity contribution in [1.29, 1.82) is 0 Å². The predicted octanol–water partition coefficient (Wildman–Crippen LogP) is 5.74. The Balaban J connectivity index is 1.70. The molecule has 2 aromatic carbocycles. The van der Waals surface area contributed by atoms with Crippen molar-refractivity contribution in [2.24, 2.45) is 5.10 Å². The summed E-state index contributed by atoms with van der Waals surface area (Å²) in [5.74, 6) is -0.0316. The van der Waals surface area contributed by atoms with Gasteiger partial charge in [0, 0.05) is 29.6 Å². The molecule has 144 valence electrons. The molecular weight excluding hydrogens is 417 g/mol. The van der Waals surface area contributed by atoms with Crippen LogP contribution in [0.4, 0.5) is 5.69 Å². The van der Waals surface area contributed by atoms with Crippen LogP contribution in [0.15, 0.2) is 59.7 Å². The molecule has 7 heteroatoms. The van der Waals surface area contributed by atoms with Gasteiger partial charge in [-0.15, -0.1) is 0 Å². The lowest BCUT2D eigenvalue weighted by atomic mass is 10.0. The summed E-state index contributed by atoms with van der Waals surface area (Å²) >= 11 is 18.5. The van der Waals surface area contributed by atoms with Crippen LogP contribution >= 0.6 is 34.8 Å². The first kappa shape index (κ1) is 19.3. The Morgan fingerprint density at radius 3 is 2.43 bits per heavy atom. The van der Waals surface area contributed by atoms with Crippen molar-refractivity contribution in [3.63, 3.8) is 0 Å². The zero-order valence-corrected chi connectivity index (χ0v) is 17.3. The lowest BCUT2D eigenvalue weighted by molar-refractivity contribution is -0.123. The average molecular weight is 435 g/mol. The van der Waals surface area contributed by atoms with Crippen LogP contribution in [0.2, 0.25) is 15.1 Å². The number of hydrogen-bond acceptors (Lipinski definition) is 3. The van der Waals surface area contributed by atoms with Crippen molar-refractivity contribution in [2.45, 2.75) is 18.9 Å². The van der Waals surface area contributed by atoms with Crippen molar-refractivity contribution < 1.29 is 4.79 Å². The smallest absolute Gasteiger partial charge is 0.270 e. The minimum Gasteiger partial charge on any atom is -0.334 e. The van der Waals surface area contributed by atoms with E-state index < -0.39 is 0 Å². The molecule has 1 unspecified atom stereocenters. The first-order valence-corrected chi connectivity index (χ1v) is 10.2. The van der Waals surface area contributed by atoms with Crippen LogP contribution in [0.1, 0.15) is 24.4 Å². The van der Waals surface area contributed by atoms with Crippen LogP contribution in [0.5, 0.6) is 0 Å². The maximum absolute atomic E-state index is 13.0. The van der Waals surface area contributed by atoms with Gasteiger partial charge < -0.3 is 4.90 Å². The molecule has 4 rings (SSSR count). The number of hydrogen-bond donors (Lipinski definition) is 0. The average Bonchev–Trinajstić information content (AvgIpc) is 3.13. The summed E-state index contributed by atoms with van der Waals surface area (Å²) in [5.41, 5.74) is 2.26. The Kier molecular flexibility index (Phi) is 5.63. The van der Waals surface area contributed by atoms with Crippen LogP contribution in [-0.2, 0) is 4.79 Å². The minimum atomic E-state index is -0.143. The largest absolute Gasteiger partial charge is 0.334 e. The van der Waals surface area contributed by atoms with Crippen molar-refractivity contribution in [2.75, 3.05) is 18.1 Å². The highest BCUT2D eigenvalue weighted by Crippen LogP contribution is 2.40. The quantitative estimate of drug-likeness (QED) is 0.577. The van der Waals surface area contributed by atoms with Gasteiger partial charge in [-0.3, -0.25) is 9.80 Å². The van der Waals surface area contributed by atoms with Gasteiger partial charge in [0.2, 0.25) is 0 Å². The highest BCUT2D eigenvalue weighted by Gasteiger charge is 2.35. The van der Waals surface area contributed by atoms with E-state index in [-0.39, 0.29) is 11.9 Å². The normalized spacial score (nSPS) is 19.1. The summed E-state index contributed by atoms with van der Waals surface area (Å²) in [6.45, 7) is 1.33. The van der Waals surface area contributed by atoms with Gasteiger partial charge in [-0.2, -0.15) is 5.10 Å². The van der Waals surface area contributed by atoms with Crippen LogP contribution in [0.25, 0.3) is 0 Å². The lowest BCUT2D eigenvalue weighted by Crippen LogP contribution is -2.38. The van der Waals surface area contributed by atoms with E-state index in [0.717, 1.165) is 12.0 Å². The molecule has 4 nitrogen and oxygen atoms in total. The molecule has 2 heterocycles. The monoisotopic (exact) mass is 433 g/mol. The van der Waals surface area contributed by atoms with E-state index in [1.54, 1.807) is 12.1 Å². The molecule has 0 saturated carbocycles. The third-order valence-corrected chi connectivity index (χ3v) is 5.70. The van der Waals surface area contributed by atoms with Crippen molar-refractivity contribution in [1.82, 2.24) is 4.90 Å². The van der Waals surface area contributed by atoms with E-state index >= 15 is 0 Å². The van der Waals surface area contributed by atoms with Crippen molar-refractivity contribution in [3.05, 3.63) is 75.2 Å². The standard InChI is InChI=1S/C21H18Cl3N3O/c22-15-6-4-14(5-7-15)20-13-18(21(28)26-10-2-1-3-11-26)25-27(20)19-9-8-16(23)12-17(19)24/h1-2,4-9,12,20H,3,10-11,13H2. The Morgan fingerprint density at radius 2 is 1.75 bits per heavy atom. The number of hydrazone groups is 1. The van der Waals surface area contributed by atoms with Gasteiger partial charge in [0.15, 0.2) is 0 Å². The van der Waals surface area contributed by atoms with Gasteiger partial charge in [0.1, 0.15) is 5.71 Å². The second-order valence-corrected chi connectivity index (χ2v) is 8.05. The van der Waals surface area contributed by atoms with Gasteiger partial charge in [-0.05, 0) is 42.3 Å². The molecule has 2 aliphatic rings. The second kappa shape index (κ2) is 8.16. The highest BCUT2D eigenvalue weighted by atomic mass is 35.5. The second-order valence-electron chi connectivity index (χ2n) is 6.77. The number of nitrogens with zero attached hydrogens (tertiary/aromatic N) is 3. The van der Waals surface area contributed by atoms with Gasteiger partial charge in [-0.25, -0.2) is 0 Å². The van der Waals surface area contributed by atoms with Crippen molar-refractivity contribution in [3.8, 4) is 0 Å². The van der Waals surface area contributed by atoms with Gasteiger partial charge in [0.25, 0.3) is 5.91 Å². The molecular formula is C21H18Cl3N3O. The fourth-order valence-electron chi connectivity index (χ4n) is 3.48. The minimum absolute atomic E-state index is 0.0316. The number of amides is 1. The summed E-state index contributed by atoms with van der Waals surface area (Å²) in [6.07, 6.45) is 5.48. The van der Waals surface area contributed by atoms with Crippen LogP contribution in [-0.4, -0.2) is 29.6 Å². The molecule has 28 heavy (non-hydrogen) atoms. The molecule has 0 aromatic heterocycles. The molecule has 0 aliphatic carbocycles. The molecule has 0 radical (unpaired) electrons. The van der Waals surface area contributed by atoms with E-state index in [2.05, 4.69) is 11.2 Å². The van der Waals surface area contributed by atoms with E-state index in [0.29, 0.717) is 46.0 Å². The van der Waals surface area contributed by atoms with Crippen LogP contribution in [0, 0.1) is 0 Å². The van der Waals surface area contributed by atoms with Crippen LogP contribution in [0.3, 0.4) is 0 Å². The molecule has 0 saturated heterocycles. The van der Waals surface area contributed by atoms with Gasteiger partial charge in [0.05, 0.1) is 16.8 Å². The molecule has 0 spiro atoms. The summed E-state index contributed by atoms with van der Waals surface area (Å²) < 4.78 is 0. The zero-order chi connectivity index (χ0) is 19.7. The third kappa shape index (κ3) is 3.90. The lowest BCUT2D eigenvalue weighted by Gasteiger charge is -2.25. The number of rotatable bonds is 3. The number of carbonyl (C=O) groups excluding carboxylic acids is 1.